The molecule has 36 heavy (non-hydrogen) atoms. The van der Waals surface area contributed by atoms with Crippen LogP contribution in [0.2, 0.25) is 0 Å². The Hall–Kier alpha value is -3.54. The predicted octanol–water partition coefficient (Wildman–Crippen LogP) is 4.06. The Morgan fingerprint density at radius 3 is 2.47 bits per heavy atom. The van der Waals surface area contributed by atoms with Crippen LogP contribution in [0.25, 0.3) is 0 Å². The number of amides is 2. The lowest BCUT2D eigenvalue weighted by molar-refractivity contribution is -0.137. The fraction of sp³-hybridized carbons (Fsp3) is 0.444. The SMILES string of the molecule is CNC(=O)C1CC2(CCN(C(=O)Cc3ccccc3C)CC2)CN1c1ccc(C#N)c(C(F)(F)F)c1. The first kappa shape index (κ1) is 25.5. The number of likely N-dealkylation sites (N-methyl/N-ethyl adjacent to an activating group) is 1. The van der Waals surface area contributed by atoms with E-state index in [2.05, 4.69) is 5.32 Å². The molecular weight excluding hydrogens is 469 g/mol. The first-order chi connectivity index (χ1) is 17.1. The Bertz CT molecular complexity index is 1200. The zero-order valence-electron chi connectivity index (χ0n) is 20.4. The Labute approximate surface area is 208 Å². The smallest absolute Gasteiger partial charge is 0.359 e. The number of likely N-dealkylation sites (tertiary alicyclic amines) is 1. The van der Waals surface area contributed by atoms with E-state index < -0.39 is 23.3 Å². The summed E-state index contributed by atoms with van der Waals surface area (Å²) in [5.41, 5.74) is 0.594. The quantitative estimate of drug-likeness (QED) is 0.690. The average molecular weight is 499 g/mol. The Morgan fingerprint density at radius 1 is 1.17 bits per heavy atom. The highest BCUT2D eigenvalue weighted by molar-refractivity contribution is 5.86. The molecule has 1 atom stereocenters. The van der Waals surface area contributed by atoms with Crippen LogP contribution < -0.4 is 10.2 Å². The molecule has 1 unspecified atom stereocenters. The maximum Gasteiger partial charge on any atom is 0.417 e. The summed E-state index contributed by atoms with van der Waals surface area (Å²) in [6.07, 6.45) is -2.52. The third kappa shape index (κ3) is 5.03. The van der Waals surface area contributed by atoms with Crippen LogP contribution in [0.1, 0.15) is 41.5 Å². The second-order valence-electron chi connectivity index (χ2n) is 9.79. The van der Waals surface area contributed by atoms with Gasteiger partial charge in [0, 0.05) is 32.4 Å². The number of aryl methyl sites for hydroxylation is 1. The van der Waals surface area contributed by atoms with Crippen molar-refractivity contribution in [3.8, 4) is 6.07 Å². The first-order valence-electron chi connectivity index (χ1n) is 12.0. The molecule has 0 aromatic heterocycles. The van der Waals surface area contributed by atoms with Crippen LogP contribution in [-0.4, -0.2) is 49.4 Å². The maximum absolute atomic E-state index is 13.6. The standard InChI is InChI=1S/C27H29F3N4O2/c1-18-5-3-4-6-19(18)13-24(35)33-11-9-26(10-12-33)15-23(25(36)32-2)34(17-26)21-8-7-20(16-31)22(14-21)27(28,29)30/h3-8,14,23H,9-13,15,17H2,1-2H3,(H,32,36). The summed E-state index contributed by atoms with van der Waals surface area (Å²) < 4.78 is 40.8. The lowest BCUT2D eigenvalue weighted by atomic mass is 9.76. The molecule has 2 aromatic carbocycles. The number of hydrogen-bond donors (Lipinski definition) is 1. The van der Waals surface area contributed by atoms with Gasteiger partial charge in [0.1, 0.15) is 6.04 Å². The molecule has 2 heterocycles. The number of anilines is 1. The van der Waals surface area contributed by atoms with Gasteiger partial charge in [0.2, 0.25) is 11.8 Å². The molecule has 2 saturated heterocycles. The molecule has 6 nitrogen and oxygen atoms in total. The van der Waals surface area contributed by atoms with E-state index >= 15 is 0 Å². The fourth-order valence-electron chi connectivity index (χ4n) is 5.45. The second-order valence-corrected chi connectivity index (χ2v) is 9.79. The molecule has 0 radical (unpaired) electrons. The molecule has 9 heteroatoms. The average Bonchev–Trinajstić information content (AvgIpc) is 3.23. The number of carbonyl (C=O) groups is 2. The molecule has 2 aromatic rings. The number of benzene rings is 2. The summed E-state index contributed by atoms with van der Waals surface area (Å²) in [5, 5.41) is 11.8. The van der Waals surface area contributed by atoms with E-state index in [0.29, 0.717) is 45.3 Å². The summed E-state index contributed by atoms with van der Waals surface area (Å²) in [4.78, 5) is 29.3. The highest BCUT2D eigenvalue weighted by atomic mass is 19.4. The van der Waals surface area contributed by atoms with E-state index in [4.69, 9.17) is 5.26 Å². The summed E-state index contributed by atoms with van der Waals surface area (Å²) in [7, 11) is 1.51. The zero-order chi connectivity index (χ0) is 26.1. The van der Waals surface area contributed by atoms with Gasteiger partial charge >= 0.3 is 6.18 Å². The van der Waals surface area contributed by atoms with Gasteiger partial charge in [-0.05, 0) is 60.9 Å². The van der Waals surface area contributed by atoms with Crippen LogP contribution in [0.3, 0.4) is 0 Å². The first-order valence-corrected chi connectivity index (χ1v) is 12.0. The molecule has 2 aliphatic heterocycles. The minimum Gasteiger partial charge on any atom is -0.359 e. The van der Waals surface area contributed by atoms with Crippen molar-refractivity contribution in [2.24, 2.45) is 5.41 Å². The summed E-state index contributed by atoms with van der Waals surface area (Å²) in [6.45, 7) is 3.47. The van der Waals surface area contributed by atoms with E-state index in [-0.39, 0.29) is 22.9 Å². The van der Waals surface area contributed by atoms with E-state index in [0.717, 1.165) is 23.3 Å². The number of halogens is 3. The summed E-state index contributed by atoms with van der Waals surface area (Å²) in [6, 6.07) is 12.4. The summed E-state index contributed by atoms with van der Waals surface area (Å²) in [5.74, 6) is -0.207. The highest BCUT2D eigenvalue weighted by Gasteiger charge is 2.48. The number of nitrogens with zero attached hydrogens (tertiary/aromatic N) is 3. The van der Waals surface area contributed by atoms with E-state index in [1.54, 1.807) is 11.0 Å². The number of nitriles is 1. The molecule has 1 spiro atoms. The van der Waals surface area contributed by atoms with Gasteiger partial charge in [-0.2, -0.15) is 18.4 Å². The fourth-order valence-corrected chi connectivity index (χ4v) is 5.45. The van der Waals surface area contributed by atoms with Gasteiger partial charge in [-0.25, -0.2) is 0 Å². The maximum atomic E-state index is 13.6. The van der Waals surface area contributed by atoms with E-state index in [1.165, 1.54) is 13.1 Å². The monoisotopic (exact) mass is 498 g/mol. The van der Waals surface area contributed by atoms with Crippen molar-refractivity contribution in [1.82, 2.24) is 10.2 Å². The van der Waals surface area contributed by atoms with Crippen LogP contribution in [0.4, 0.5) is 18.9 Å². The minimum absolute atomic E-state index is 0.0544. The lowest BCUT2D eigenvalue weighted by Crippen LogP contribution is -2.44. The van der Waals surface area contributed by atoms with Gasteiger partial charge in [0.25, 0.3) is 0 Å². The van der Waals surface area contributed by atoms with Crippen molar-refractivity contribution < 1.29 is 22.8 Å². The Kier molecular flexibility index (Phi) is 6.98. The largest absolute Gasteiger partial charge is 0.417 e. The molecule has 2 aliphatic rings. The predicted molar refractivity (Wildman–Crippen MR) is 129 cm³/mol. The van der Waals surface area contributed by atoms with Crippen molar-refractivity contribution in [1.29, 1.82) is 5.26 Å². The molecule has 4 rings (SSSR count). The molecule has 0 saturated carbocycles. The lowest BCUT2D eigenvalue weighted by Gasteiger charge is -2.39. The van der Waals surface area contributed by atoms with E-state index in [9.17, 15) is 22.8 Å². The number of hydrogen-bond acceptors (Lipinski definition) is 4. The van der Waals surface area contributed by atoms with E-state index in [1.807, 2.05) is 36.1 Å². The van der Waals surface area contributed by atoms with Gasteiger partial charge in [-0.3, -0.25) is 9.59 Å². The number of alkyl halides is 3. The third-order valence-electron chi connectivity index (χ3n) is 7.60. The van der Waals surface area contributed by atoms with Crippen molar-refractivity contribution >= 4 is 17.5 Å². The van der Waals surface area contributed by atoms with Gasteiger partial charge in [0.05, 0.1) is 23.6 Å². The third-order valence-corrected chi connectivity index (χ3v) is 7.60. The van der Waals surface area contributed by atoms with Crippen LogP contribution in [-0.2, 0) is 22.2 Å². The van der Waals surface area contributed by atoms with Crippen LogP contribution in [0.15, 0.2) is 42.5 Å². The van der Waals surface area contributed by atoms with Crippen LogP contribution in [0, 0.1) is 23.7 Å². The number of rotatable bonds is 4. The molecular formula is C27H29F3N4O2. The van der Waals surface area contributed by atoms with Gasteiger partial charge in [0.15, 0.2) is 0 Å². The number of nitrogens with one attached hydrogen (secondary N) is 1. The van der Waals surface area contributed by atoms with Crippen molar-refractivity contribution in [3.05, 3.63) is 64.7 Å². The van der Waals surface area contributed by atoms with Crippen LogP contribution in [0.5, 0.6) is 0 Å². The topological polar surface area (TPSA) is 76.4 Å². The molecule has 2 fully saturated rings. The van der Waals surface area contributed by atoms with Crippen molar-refractivity contribution in [2.45, 2.75) is 44.8 Å². The van der Waals surface area contributed by atoms with Gasteiger partial charge in [-0.15, -0.1) is 0 Å². The number of carbonyl (C=O) groups excluding carboxylic acids is 2. The highest BCUT2D eigenvalue weighted by Crippen LogP contribution is 2.46. The molecule has 2 amide bonds. The summed E-state index contributed by atoms with van der Waals surface area (Å²) >= 11 is 0. The molecule has 1 N–H and O–H groups in total. The second kappa shape index (κ2) is 9.84. The number of piperidine rings is 1. The Morgan fingerprint density at radius 2 is 1.86 bits per heavy atom. The minimum atomic E-state index is -4.68. The van der Waals surface area contributed by atoms with Gasteiger partial charge < -0.3 is 15.1 Å². The molecule has 0 aliphatic carbocycles. The van der Waals surface area contributed by atoms with Crippen molar-refractivity contribution in [3.63, 3.8) is 0 Å². The van der Waals surface area contributed by atoms with Crippen molar-refractivity contribution in [2.75, 3.05) is 31.6 Å². The van der Waals surface area contributed by atoms with Crippen LogP contribution >= 0.6 is 0 Å². The molecule has 190 valence electrons. The zero-order valence-corrected chi connectivity index (χ0v) is 20.4. The van der Waals surface area contributed by atoms with Gasteiger partial charge in [-0.1, -0.05) is 24.3 Å². The molecule has 0 bridgehead atoms. The Balaban J connectivity index is 1.52. The normalized spacial score (nSPS) is 19.3.